The van der Waals surface area contributed by atoms with Gasteiger partial charge in [-0.15, -0.1) is 0 Å². The SMILES string of the molecule is CN(C(=O)Cc1ccc2c(c1)NS(=O)(=O)C2)[C@H](CN1CC[C@H](O)C1)c1cccc(C(=O)NCC(F)(F)F)c1. The van der Waals surface area contributed by atoms with E-state index in [1.165, 1.54) is 17.0 Å². The molecule has 0 aromatic heterocycles. The Balaban J connectivity index is 1.54. The largest absolute Gasteiger partial charge is 0.405 e. The molecule has 0 aliphatic carbocycles. The minimum absolute atomic E-state index is 0.0175. The van der Waals surface area contributed by atoms with Crippen LogP contribution in [0.3, 0.4) is 0 Å². The number of likely N-dealkylation sites (N-methyl/N-ethyl adjacent to an activating group) is 1. The van der Waals surface area contributed by atoms with E-state index < -0.39 is 40.8 Å². The van der Waals surface area contributed by atoms with Gasteiger partial charge in [-0.1, -0.05) is 24.3 Å². The number of halogens is 3. The number of aliphatic hydroxyl groups excluding tert-OH is 1. The molecule has 2 atom stereocenters. The lowest BCUT2D eigenvalue weighted by atomic mass is 10.0. The van der Waals surface area contributed by atoms with Crippen molar-refractivity contribution in [2.24, 2.45) is 0 Å². The summed E-state index contributed by atoms with van der Waals surface area (Å²) in [5.74, 6) is -1.27. The number of nitrogens with one attached hydrogen (secondary N) is 2. The molecule has 3 N–H and O–H groups in total. The van der Waals surface area contributed by atoms with Gasteiger partial charge in [0, 0.05) is 32.2 Å². The lowest BCUT2D eigenvalue weighted by Crippen LogP contribution is -2.40. The van der Waals surface area contributed by atoms with E-state index in [2.05, 4.69) is 4.72 Å². The van der Waals surface area contributed by atoms with Gasteiger partial charge in [-0.2, -0.15) is 13.2 Å². The molecule has 9 nitrogen and oxygen atoms in total. The van der Waals surface area contributed by atoms with Crippen LogP contribution < -0.4 is 10.0 Å². The Bertz CT molecular complexity index is 1320. The first-order valence-electron chi connectivity index (χ1n) is 12.0. The Kier molecular flexibility index (Phi) is 8.00. The maximum absolute atomic E-state index is 13.3. The molecule has 2 heterocycles. The number of amides is 2. The zero-order valence-corrected chi connectivity index (χ0v) is 21.5. The van der Waals surface area contributed by atoms with Crippen LogP contribution in [0.2, 0.25) is 0 Å². The number of β-amino-alcohol motifs (C(OH)–C–C–N with tert-alkyl or cyclic N) is 1. The molecule has 2 aliphatic rings. The van der Waals surface area contributed by atoms with Gasteiger partial charge in [0.1, 0.15) is 6.54 Å². The Labute approximate surface area is 218 Å². The topological polar surface area (TPSA) is 119 Å². The standard InChI is InChI=1S/C25H29F3N4O5S/c1-31(23(34)10-16-5-6-19-14-38(36,37)30-21(19)9-16)22(13-32-8-7-20(33)12-32)17-3-2-4-18(11-17)24(35)29-15-25(26,27)28/h2-6,9,11,20,22,30,33H,7-8,10,12-15H2,1H3,(H,29,35)/t20-,22+/m0/s1. The van der Waals surface area contributed by atoms with Gasteiger partial charge in [0.25, 0.3) is 5.91 Å². The highest BCUT2D eigenvalue weighted by Crippen LogP contribution is 2.29. The molecular weight excluding hydrogens is 525 g/mol. The molecule has 0 radical (unpaired) electrons. The summed E-state index contributed by atoms with van der Waals surface area (Å²) >= 11 is 0. The van der Waals surface area contributed by atoms with Crippen molar-refractivity contribution in [3.8, 4) is 0 Å². The van der Waals surface area contributed by atoms with Crippen molar-refractivity contribution in [3.63, 3.8) is 0 Å². The summed E-state index contributed by atoms with van der Waals surface area (Å²) in [6.45, 7) is -0.0942. The molecule has 13 heteroatoms. The van der Waals surface area contributed by atoms with Crippen LogP contribution in [0.1, 0.15) is 39.5 Å². The molecule has 2 aromatic carbocycles. The zero-order chi connectivity index (χ0) is 27.7. The first-order valence-corrected chi connectivity index (χ1v) is 13.7. The predicted molar refractivity (Wildman–Crippen MR) is 134 cm³/mol. The second-order valence-electron chi connectivity index (χ2n) is 9.68. The number of sulfonamides is 1. The van der Waals surface area contributed by atoms with Crippen molar-refractivity contribution in [2.75, 3.05) is 37.9 Å². The summed E-state index contributed by atoms with van der Waals surface area (Å²) in [5.41, 5.74) is 2.27. The van der Waals surface area contributed by atoms with Crippen LogP contribution in [0.15, 0.2) is 42.5 Å². The number of carbonyl (C=O) groups excluding carboxylic acids is 2. The smallest absolute Gasteiger partial charge is 0.392 e. The van der Waals surface area contributed by atoms with E-state index >= 15 is 0 Å². The Morgan fingerprint density at radius 1 is 1.24 bits per heavy atom. The van der Waals surface area contributed by atoms with Crippen molar-refractivity contribution in [2.45, 2.75) is 36.9 Å². The lowest BCUT2D eigenvalue weighted by Gasteiger charge is -2.32. The summed E-state index contributed by atoms with van der Waals surface area (Å²) in [6, 6.07) is 10.6. The van der Waals surface area contributed by atoms with Gasteiger partial charge in [0.05, 0.1) is 30.0 Å². The average molecular weight is 555 g/mol. The van der Waals surface area contributed by atoms with Crippen LogP contribution in [0.4, 0.5) is 18.9 Å². The van der Waals surface area contributed by atoms with Crippen LogP contribution in [-0.2, 0) is 27.0 Å². The molecular formula is C25H29F3N4O5S. The normalized spacial score (nSPS) is 19.4. The van der Waals surface area contributed by atoms with E-state index in [0.29, 0.717) is 48.4 Å². The van der Waals surface area contributed by atoms with E-state index in [1.54, 1.807) is 37.4 Å². The highest BCUT2D eigenvalue weighted by atomic mass is 32.2. The number of likely N-dealkylation sites (tertiary alicyclic amines) is 1. The van der Waals surface area contributed by atoms with Crippen molar-refractivity contribution in [1.82, 2.24) is 15.1 Å². The third-order valence-electron chi connectivity index (χ3n) is 6.66. The fraction of sp³-hybridized carbons (Fsp3) is 0.440. The van der Waals surface area contributed by atoms with Crippen LogP contribution in [0.25, 0.3) is 0 Å². The fourth-order valence-corrected chi connectivity index (χ4v) is 5.94. The molecule has 2 aromatic rings. The summed E-state index contributed by atoms with van der Waals surface area (Å²) in [7, 11) is -1.82. The molecule has 0 bridgehead atoms. The number of benzene rings is 2. The molecule has 0 unspecified atom stereocenters. The van der Waals surface area contributed by atoms with Crippen LogP contribution in [-0.4, -0.2) is 80.6 Å². The summed E-state index contributed by atoms with van der Waals surface area (Å²) in [6.07, 6.45) is -4.48. The minimum Gasteiger partial charge on any atom is -0.392 e. The van der Waals surface area contributed by atoms with Crippen LogP contribution in [0, 0.1) is 0 Å². The van der Waals surface area contributed by atoms with Crippen molar-refractivity contribution in [3.05, 3.63) is 64.7 Å². The van der Waals surface area contributed by atoms with E-state index in [9.17, 15) is 36.3 Å². The molecule has 1 fully saturated rings. The number of fused-ring (bicyclic) bond motifs is 1. The number of hydrogen-bond donors (Lipinski definition) is 3. The molecule has 2 amide bonds. The number of anilines is 1. The van der Waals surface area contributed by atoms with Crippen molar-refractivity contribution >= 4 is 27.5 Å². The van der Waals surface area contributed by atoms with Crippen LogP contribution in [0.5, 0.6) is 0 Å². The molecule has 2 aliphatic heterocycles. The number of aliphatic hydroxyl groups is 1. The maximum Gasteiger partial charge on any atom is 0.405 e. The molecule has 0 saturated carbocycles. The molecule has 206 valence electrons. The van der Waals surface area contributed by atoms with Crippen molar-refractivity contribution < 1.29 is 36.3 Å². The summed E-state index contributed by atoms with van der Waals surface area (Å²) < 4.78 is 63.8. The van der Waals surface area contributed by atoms with Gasteiger partial charge >= 0.3 is 6.18 Å². The third kappa shape index (κ3) is 7.03. The highest BCUT2D eigenvalue weighted by molar-refractivity contribution is 7.92. The average Bonchev–Trinajstić information content (AvgIpc) is 3.40. The predicted octanol–water partition coefficient (Wildman–Crippen LogP) is 2.04. The third-order valence-corrected chi connectivity index (χ3v) is 7.89. The number of alkyl halides is 3. The Hall–Kier alpha value is -3.16. The number of hydrogen-bond acceptors (Lipinski definition) is 6. The van der Waals surface area contributed by atoms with Gasteiger partial charge in [-0.25, -0.2) is 8.42 Å². The first-order chi connectivity index (χ1) is 17.8. The second-order valence-corrected chi connectivity index (χ2v) is 11.4. The van der Waals surface area contributed by atoms with Gasteiger partial charge in [-0.05, 0) is 41.3 Å². The quantitative estimate of drug-likeness (QED) is 0.460. The molecule has 38 heavy (non-hydrogen) atoms. The van der Waals surface area contributed by atoms with Crippen molar-refractivity contribution in [1.29, 1.82) is 0 Å². The van der Waals surface area contributed by atoms with Gasteiger partial charge < -0.3 is 15.3 Å². The molecule has 1 saturated heterocycles. The Morgan fingerprint density at radius 3 is 2.68 bits per heavy atom. The van der Waals surface area contributed by atoms with E-state index in [4.69, 9.17) is 0 Å². The van der Waals surface area contributed by atoms with Gasteiger partial charge in [0.15, 0.2) is 0 Å². The summed E-state index contributed by atoms with van der Waals surface area (Å²) in [4.78, 5) is 29.2. The minimum atomic E-state index is -4.55. The fourth-order valence-electron chi connectivity index (χ4n) is 4.68. The molecule has 4 rings (SSSR count). The number of nitrogens with zero attached hydrogens (tertiary/aromatic N) is 2. The first kappa shape index (κ1) is 27.9. The van der Waals surface area contributed by atoms with Gasteiger partial charge in [-0.3, -0.25) is 19.2 Å². The van der Waals surface area contributed by atoms with E-state index in [0.717, 1.165) is 0 Å². The Morgan fingerprint density at radius 2 is 2.00 bits per heavy atom. The number of carbonyl (C=O) groups is 2. The van der Waals surface area contributed by atoms with Crippen LogP contribution >= 0.6 is 0 Å². The number of rotatable bonds is 8. The van der Waals surface area contributed by atoms with E-state index in [1.807, 2.05) is 10.2 Å². The maximum atomic E-state index is 13.3. The monoisotopic (exact) mass is 554 g/mol. The lowest BCUT2D eigenvalue weighted by molar-refractivity contribution is -0.131. The summed E-state index contributed by atoms with van der Waals surface area (Å²) in [5, 5.41) is 11.8. The highest BCUT2D eigenvalue weighted by Gasteiger charge is 2.31. The zero-order valence-electron chi connectivity index (χ0n) is 20.7. The van der Waals surface area contributed by atoms with Gasteiger partial charge in [0.2, 0.25) is 15.9 Å². The second kappa shape index (κ2) is 10.9. The van der Waals surface area contributed by atoms with E-state index in [-0.39, 0.29) is 23.6 Å². The molecule has 0 spiro atoms.